The van der Waals surface area contributed by atoms with Crippen molar-refractivity contribution >= 4 is 118 Å². The standard InChI is InChI=1S/C68H58N8O24/c77-53(73(25-57(81)82)26-58(83)84)33-97-41-9-1-37(2-10-41)65-45-17-19-47(69-45)66(38-3-11-42(12-4-38)98-34-54(78)74(27-59(85)86)28-60(87)88)49-21-23-51(71-49)68(40-7-15-44(16-8-40)100-36-56(80)76(31-63(93)94)32-64(95)96)52-24-22-50(72-52)67(48-20-18-46(65)70-48)39-5-13-43(14-6-39)99-35-55(79)75(29-61(89)90)30-62(91)92/h1-24,69,72H,25-36H2,(H,81,82)(H,83,84)(H,85,86)(H,87,88)(H,89,90)(H,91,92)(H,93,94)(H,95,96). The molecular formula is C68H58N8O24. The van der Waals surface area contributed by atoms with E-state index >= 15 is 0 Å². The number of carbonyl (C=O) groups excluding carboxylic acids is 4. The lowest BCUT2D eigenvalue weighted by Crippen LogP contribution is -2.41. The number of hydrogen-bond acceptors (Lipinski definition) is 18. The second-order valence-electron chi connectivity index (χ2n) is 21.9. The summed E-state index contributed by atoms with van der Waals surface area (Å²) in [6.45, 7) is -10.0. The Balaban J connectivity index is 1.22. The lowest BCUT2D eigenvalue weighted by atomic mass is 10.0. The highest BCUT2D eigenvalue weighted by atomic mass is 16.5. The number of nitrogens with one attached hydrogen (secondary N) is 2. The van der Waals surface area contributed by atoms with Crippen LogP contribution in [0.1, 0.15) is 22.8 Å². The molecule has 0 aliphatic carbocycles. The van der Waals surface area contributed by atoms with E-state index in [0.717, 1.165) is 0 Å². The van der Waals surface area contributed by atoms with Crippen LogP contribution in [0, 0.1) is 0 Å². The van der Waals surface area contributed by atoms with Gasteiger partial charge in [0.15, 0.2) is 26.4 Å². The summed E-state index contributed by atoms with van der Waals surface area (Å²) in [7, 11) is 0. The normalized spacial score (nSPS) is 11.2. The fourth-order valence-corrected chi connectivity index (χ4v) is 10.5. The van der Waals surface area contributed by atoms with Gasteiger partial charge in [0.25, 0.3) is 23.6 Å². The second kappa shape index (κ2) is 31.7. The number of fused-ring (bicyclic) bond motifs is 8. The van der Waals surface area contributed by atoms with Gasteiger partial charge in [-0.05, 0) is 119 Å². The number of carboxylic acids is 8. The van der Waals surface area contributed by atoms with Gasteiger partial charge in [-0.25, -0.2) is 9.97 Å². The van der Waals surface area contributed by atoms with Crippen LogP contribution in [-0.2, 0) is 57.5 Å². The van der Waals surface area contributed by atoms with Gasteiger partial charge in [0.1, 0.15) is 75.4 Å². The van der Waals surface area contributed by atoms with Gasteiger partial charge >= 0.3 is 47.8 Å². The summed E-state index contributed by atoms with van der Waals surface area (Å²) in [5, 5.41) is 74.7. The second-order valence-corrected chi connectivity index (χ2v) is 21.9. The van der Waals surface area contributed by atoms with Crippen molar-refractivity contribution in [1.29, 1.82) is 0 Å². The Morgan fingerprint density at radius 2 is 0.440 bits per heavy atom. The minimum atomic E-state index is -1.44. The zero-order chi connectivity index (χ0) is 71.9. The fourth-order valence-electron chi connectivity index (χ4n) is 10.5. The third-order valence-corrected chi connectivity index (χ3v) is 14.8. The summed E-state index contributed by atoms with van der Waals surface area (Å²) in [5.74, 6) is -14.6. The SMILES string of the molecule is O=C(O)CN(CC(=O)O)C(=O)COc1ccc(-c2c3nc(c(-c4ccc(OCC(=O)N(CC(=O)O)CC(=O)O)cc4)c4ccc([nH]4)c(-c4ccc(OCC(=O)N(CC(=O)O)CC(=O)O)cc4)c4nc(c(-c5ccc(OCC(=O)N(CC(=O)O)CC(=O)O)cc5)c5ccc2[nH]5)C=C4)C=C3)cc1. The van der Waals surface area contributed by atoms with Crippen molar-refractivity contribution < 1.29 is 117 Å². The molecule has 4 aromatic carbocycles. The molecule has 4 amide bonds. The van der Waals surface area contributed by atoms with E-state index in [1.54, 1.807) is 97.1 Å². The van der Waals surface area contributed by atoms with Crippen LogP contribution in [0.2, 0.25) is 0 Å². The zero-order valence-corrected chi connectivity index (χ0v) is 52.1. The van der Waals surface area contributed by atoms with E-state index in [-0.39, 0.29) is 23.0 Å². The van der Waals surface area contributed by atoms with E-state index in [2.05, 4.69) is 9.97 Å². The van der Waals surface area contributed by atoms with E-state index < -0.39 is 150 Å². The minimum Gasteiger partial charge on any atom is -0.484 e. The topological polar surface area (TPSA) is 474 Å². The van der Waals surface area contributed by atoms with Gasteiger partial charge in [0.05, 0.1) is 22.8 Å². The number of benzene rings is 4. The summed E-state index contributed by atoms with van der Waals surface area (Å²) in [4.78, 5) is 164. The number of hydrogen-bond donors (Lipinski definition) is 10. The molecule has 10 N–H and O–H groups in total. The molecule has 0 unspecified atom stereocenters. The van der Waals surface area contributed by atoms with Crippen LogP contribution >= 0.6 is 0 Å². The van der Waals surface area contributed by atoms with Crippen molar-refractivity contribution in [2.24, 2.45) is 0 Å². The molecule has 0 atom stereocenters. The van der Waals surface area contributed by atoms with Crippen molar-refractivity contribution in [3.63, 3.8) is 0 Å². The lowest BCUT2D eigenvalue weighted by Gasteiger charge is -2.18. The highest BCUT2D eigenvalue weighted by Gasteiger charge is 2.26. The van der Waals surface area contributed by atoms with Crippen molar-refractivity contribution in [2.45, 2.75) is 0 Å². The van der Waals surface area contributed by atoms with Gasteiger partial charge in [-0.2, -0.15) is 0 Å². The van der Waals surface area contributed by atoms with Crippen LogP contribution in [0.15, 0.2) is 121 Å². The summed E-state index contributed by atoms with van der Waals surface area (Å²) >= 11 is 0. The first kappa shape index (κ1) is 70.6. The Morgan fingerprint density at radius 3 is 0.600 bits per heavy atom. The number of ether oxygens (including phenoxy) is 4. The predicted octanol–water partition coefficient (Wildman–Crippen LogP) is 4.83. The molecule has 0 fully saturated rings. The highest BCUT2D eigenvalue weighted by Crippen LogP contribution is 2.40. The molecule has 9 rings (SSSR count). The van der Waals surface area contributed by atoms with Crippen molar-refractivity contribution in [2.75, 3.05) is 78.8 Å². The Labute approximate surface area is 563 Å². The fraction of sp³-hybridized carbons (Fsp3) is 0.176. The van der Waals surface area contributed by atoms with E-state index in [0.29, 0.717) is 109 Å². The molecule has 0 spiro atoms. The zero-order valence-electron chi connectivity index (χ0n) is 52.1. The highest BCUT2D eigenvalue weighted by molar-refractivity contribution is 6.00. The quantitative estimate of drug-likeness (QED) is 0.0270. The maximum atomic E-state index is 13.0. The average molecular weight is 1370 g/mol. The van der Waals surface area contributed by atoms with Crippen molar-refractivity contribution in [3.05, 3.63) is 144 Å². The molecule has 2 aliphatic rings. The summed E-state index contributed by atoms with van der Waals surface area (Å²) < 4.78 is 22.9. The Bertz CT molecular complexity index is 4000. The van der Waals surface area contributed by atoms with Crippen LogP contribution < -0.4 is 18.9 Å². The molecule has 0 saturated heterocycles. The van der Waals surface area contributed by atoms with E-state index in [4.69, 9.17) is 28.9 Å². The van der Waals surface area contributed by atoms with Gasteiger partial charge in [0.2, 0.25) is 0 Å². The molecule has 100 heavy (non-hydrogen) atoms. The number of carbonyl (C=O) groups is 12. The molecule has 2 aliphatic heterocycles. The smallest absolute Gasteiger partial charge is 0.323 e. The molecule has 0 saturated carbocycles. The lowest BCUT2D eigenvalue weighted by molar-refractivity contribution is -0.150. The Kier molecular flexibility index (Phi) is 22.4. The van der Waals surface area contributed by atoms with E-state index in [1.165, 1.54) is 48.5 Å². The van der Waals surface area contributed by atoms with Crippen LogP contribution in [-0.4, -0.2) is 231 Å². The molecule has 8 bridgehead atoms. The maximum absolute atomic E-state index is 13.0. The number of carboxylic acid groups (broad SMARTS) is 8. The summed E-state index contributed by atoms with van der Waals surface area (Å²) in [6, 6.07) is 32.7. The van der Waals surface area contributed by atoms with Gasteiger partial charge < -0.3 is 89.4 Å². The molecule has 0 radical (unpaired) electrons. The predicted molar refractivity (Wildman–Crippen MR) is 350 cm³/mol. The first-order chi connectivity index (χ1) is 47.7. The molecular weight excluding hydrogens is 1310 g/mol. The summed E-state index contributed by atoms with van der Waals surface area (Å²) in [5.41, 5.74) is 7.52. The van der Waals surface area contributed by atoms with Gasteiger partial charge in [-0.15, -0.1) is 0 Å². The number of aliphatic carboxylic acids is 8. The van der Waals surface area contributed by atoms with Crippen LogP contribution in [0.4, 0.5) is 0 Å². The number of nitrogens with zero attached hydrogens (tertiary/aromatic N) is 6. The molecule has 514 valence electrons. The van der Waals surface area contributed by atoms with E-state index in [1.807, 2.05) is 0 Å². The molecule has 3 aromatic heterocycles. The van der Waals surface area contributed by atoms with Crippen molar-refractivity contribution in [3.8, 4) is 67.5 Å². The number of amides is 4. The minimum absolute atomic E-state index is 0.143. The number of rotatable bonds is 32. The molecule has 7 aromatic rings. The number of H-pyrrole nitrogens is 2. The number of aromatic nitrogens is 4. The van der Waals surface area contributed by atoms with Crippen LogP contribution in [0.25, 0.3) is 90.9 Å². The molecule has 32 nitrogen and oxygen atoms in total. The first-order valence-electron chi connectivity index (χ1n) is 29.7. The third kappa shape index (κ3) is 18.4. The van der Waals surface area contributed by atoms with Gasteiger partial charge in [-0.3, -0.25) is 57.5 Å². The summed E-state index contributed by atoms with van der Waals surface area (Å²) in [6.07, 6.45) is 7.02. The Morgan fingerprint density at radius 1 is 0.270 bits per heavy atom. The monoisotopic (exact) mass is 1370 g/mol. The average Bonchev–Trinajstić information content (AvgIpc) is 1.61. The largest absolute Gasteiger partial charge is 0.484 e. The third-order valence-electron chi connectivity index (χ3n) is 14.8. The molecule has 5 heterocycles. The van der Waals surface area contributed by atoms with E-state index in [9.17, 15) is 98.4 Å². The van der Waals surface area contributed by atoms with Crippen LogP contribution in [0.5, 0.6) is 23.0 Å². The van der Waals surface area contributed by atoms with Crippen molar-refractivity contribution in [1.82, 2.24) is 39.5 Å². The van der Waals surface area contributed by atoms with Crippen LogP contribution in [0.3, 0.4) is 0 Å². The van der Waals surface area contributed by atoms with Gasteiger partial charge in [-0.1, -0.05) is 48.5 Å². The number of aromatic amines is 2. The van der Waals surface area contributed by atoms with Gasteiger partial charge in [0, 0.05) is 44.3 Å². The Hall–Kier alpha value is -13.7. The molecule has 32 heteroatoms. The maximum Gasteiger partial charge on any atom is 0.323 e. The first-order valence-corrected chi connectivity index (χ1v) is 29.7.